The maximum Gasteiger partial charge on any atom is 0.356 e. The summed E-state index contributed by atoms with van der Waals surface area (Å²) in [4.78, 5) is 21.5. The molecule has 9 nitrogen and oxygen atoms in total. The Labute approximate surface area is 218 Å². The van der Waals surface area contributed by atoms with Crippen molar-refractivity contribution in [1.29, 1.82) is 0 Å². The Morgan fingerprint density at radius 3 is 2.61 bits per heavy atom. The highest BCUT2D eigenvalue weighted by molar-refractivity contribution is 7.98. The Morgan fingerprint density at radius 1 is 1.22 bits per heavy atom. The fraction of sp³-hybridized carbons (Fsp3) is 0.250. The van der Waals surface area contributed by atoms with Gasteiger partial charge < -0.3 is 15.0 Å². The first-order valence-corrected chi connectivity index (χ1v) is 14.3. The van der Waals surface area contributed by atoms with Crippen LogP contribution < -0.4 is 5.73 Å². The minimum atomic E-state index is -3.45. The Kier molecular flexibility index (Phi) is 8.93. The molecule has 0 amide bonds. The lowest BCUT2D eigenvalue weighted by atomic mass is 10.0. The number of aromatic nitrogens is 2. The van der Waals surface area contributed by atoms with Crippen molar-refractivity contribution in [3.05, 3.63) is 70.6 Å². The number of esters is 1. The van der Waals surface area contributed by atoms with Gasteiger partial charge in [0.2, 0.25) is 5.82 Å². The third-order valence-electron chi connectivity index (χ3n) is 4.91. The summed E-state index contributed by atoms with van der Waals surface area (Å²) in [5.41, 5.74) is 7.53. The first-order chi connectivity index (χ1) is 17.0. The molecule has 1 aromatic heterocycles. The Bertz CT molecular complexity index is 1430. The largest absolute Gasteiger partial charge is 0.450 e. The van der Waals surface area contributed by atoms with Crippen molar-refractivity contribution in [2.45, 2.75) is 24.7 Å². The summed E-state index contributed by atoms with van der Waals surface area (Å²) < 4.78 is 34.4. The van der Waals surface area contributed by atoms with Gasteiger partial charge in [-0.1, -0.05) is 54.9 Å². The van der Waals surface area contributed by atoms with Crippen LogP contribution in [0.1, 0.15) is 31.2 Å². The van der Waals surface area contributed by atoms with Crippen molar-refractivity contribution in [2.24, 2.45) is 10.7 Å². The molecule has 0 aliphatic rings. The summed E-state index contributed by atoms with van der Waals surface area (Å²) >= 11 is 7.84. The van der Waals surface area contributed by atoms with E-state index in [9.17, 15) is 13.2 Å². The molecule has 3 aromatic rings. The second kappa shape index (κ2) is 11.7. The number of carbonyl (C=O) groups is 1. The van der Waals surface area contributed by atoms with Gasteiger partial charge in [0.15, 0.2) is 9.84 Å². The molecule has 36 heavy (non-hydrogen) atoms. The van der Waals surface area contributed by atoms with E-state index in [4.69, 9.17) is 26.6 Å². The molecule has 2 N–H and O–H groups in total. The van der Waals surface area contributed by atoms with Crippen LogP contribution >= 0.6 is 23.4 Å². The SMILES string of the molecule is CSCOC(=O)C(N)=C(Cl)C(=Nc1ccccc1C(C)C)c1noc(-c2cccc(S(C)(=O)=O)c2)n1. The number of allylic oxidation sites excluding steroid dienone is 1. The van der Waals surface area contributed by atoms with Gasteiger partial charge in [0, 0.05) is 11.8 Å². The van der Waals surface area contributed by atoms with Crippen LogP contribution in [0.25, 0.3) is 11.5 Å². The molecule has 0 radical (unpaired) electrons. The monoisotopic (exact) mass is 548 g/mol. The minimum absolute atomic E-state index is 0.00219. The van der Waals surface area contributed by atoms with Gasteiger partial charge in [-0.3, -0.25) is 0 Å². The van der Waals surface area contributed by atoms with Gasteiger partial charge in [-0.2, -0.15) is 4.98 Å². The van der Waals surface area contributed by atoms with E-state index in [0.29, 0.717) is 11.3 Å². The van der Waals surface area contributed by atoms with E-state index in [-0.39, 0.29) is 44.9 Å². The van der Waals surface area contributed by atoms with Crippen molar-refractivity contribution in [2.75, 3.05) is 18.5 Å². The number of carbonyl (C=O) groups excluding carboxylic acids is 1. The van der Waals surface area contributed by atoms with Gasteiger partial charge in [-0.05, 0) is 42.0 Å². The maximum atomic E-state index is 12.4. The molecular weight excluding hydrogens is 524 g/mol. The topological polar surface area (TPSA) is 138 Å². The molecule has 0 saturated heterocycles. The van der Waals surface area contributed by atoms with Crippen LogP contribution in [0.2, 0.25) is 0 Å². The first-order valence-electron chi connectivity index (χ1n) is 10.7. The van der Waals surface area contributed by atoms with Crippen molar-refractivity contribution >= 4 is 50.6 Å². The molecule has 0 aliphatic carbocycles. The van der Waals surface area contributed by atoms with Gasteiger partial charge in [0.05, 0.1) is 10.6 Å². The number of halogens is 1. The standard InChI is InChI=1S/C24H25ClN4O5S2/c1-14(2)17-10-5-6-11-18(17)27-21(19(25)20(26)24(30)33-13-35-3)22-28-23(34-29-22)15-8-7-9-16(12-15)36(4,31)32/h5-12,14H,13,26H2,1-4H3. The molecule has 0 atom stereocenters. The molecule has 0 unspecified atom stereocenters. The quantitative estimate of drug-likeness (QED) is 0.175. The lowest BCUT2D eigenvalue weighted by Gasteiger charge is -2.11. The number of aliphatic imine (C=N–C) groups is 1. The predicted molar refractivity (Wildman–Crippen MR) is 141 cm³/mol. The molecule has 0 aliphatic heterocycles. The number of hydrogen-bond acceptors (Lipinski definition) is 10. The summed E-state index contributed by atoms with van der Waals surface area (Å²) in [6.07, 6.45) is 2.87. The summed E-state index contributed by atoms with van der Waals surface area (Å²) in [5.74, 6) is -0.594. The van der Waals surface area contributed by atoms with Crippen LogP contribution in [-0.2, 0) is 19.4 Å². The van der Waals surface area contributed by atoms with E-state index >= 15 is 0 Å². The van der Waals surface area contributed by atoms with Crippen LogP contribution in [-0.4, -0.2) is 48.7 Å². The summed E-state index contributed by atoms with van der Waals surface area (Å²) in [5, 5.41) is 3.77. The fourth-order valence-electron chi connectivity index (χ4n) is 3.10. The minimum Gasteiger partial charge on any atom is -0.450 e. The van der Waals surface area contributed by atoms with Crippen LogP contribution in [0.4, 0.5) is 5.69 Å². The maximum absolute atomic E-state index is 12.4. The number of ether oxygens (including phenoxy) is 1. The van der Waals surface area contributed by atoms with Gasteiger partial charge in [-0.15, -0.1) is 11.8 Å². The van der Waals surface area contributed by atoms with Crippen LogP contribution in [0.3, 0.4) is 0 Å². The zero-order valence-electron chi connectivity index (χ0n) is 20.1. The third kappa shape index (κ3) is 6.54. The molecule has 1 heterocycles. The molecule has 3 rings (SSSR count). The van der Waals surface area contributed by atoms with E-state index in [1.165, 1.54) is 23.9 Å². The van der Waals surface area contributed by atoms with Crippen LogP contribution in [0, 0.1) is 0 Å². The van der Waals surface area contributed by atoms with Crippen molar-refractivity contribution in [3.63, 3.8) is 0 Å². The first kappa shape index (κ1) is 27.4. The van der Waals surface area contributed by atoms with E-state index in [1.807, 2.05) is 32.0 Å². The van der Waals surface area contributed by atoms with E-state index in [2.05, 4.69) is 15.1 Å². The lowest BCUT2D eigenvalue weighted by Crippen LogP contribution is -2.20. The average molecular weight is 549 g/mol. The highest BCUT2D eigenvalue weighted by atomic mass is 35.5. The number of nitrogens with zero attached hydrogens (tertiary/aromatic N) is 3. The highest BCUT2D eigenvalue weighted by Gasteiger charge is 2.24. The number of nitrogens with two attached hydrogens (primary N) is 1. The molecule has 2 aromatic carbocycles. The van der Waals surface area contributed by atoms with Crippen LogP contribution in [0.5, 0.6) is 0 Å². The number of thioether (sulfide) groups is 1. The van der Waals surface area contributed by atoms with Crippen molar-refractivity contribution in [3.8, 4) is 11.5 Å². The smallest absolute Gasteiger partial charge is 0.356 e. The molecule has 0 bridgehead atoms. The van der Waals surface area contributed by atoms with Crippen molar-refractivity contribution < 1.29 is 22.5 Å². The number of benzene rings is 2. The van der Waals surface area contributed by atoms with Gasteiger partial charge >= 0.3 is 5.97 Å². The molecule has 0 saturated carbocycles. The molecular formula is C24H25ClN4O5S2. The average Bonchev–Trinajstić information content (AvgIpc) is 3.34. The van der Waals surface area contributed by atoms with E-state index in [1.54, 1.807) is 24.5 Å². The fourth-order valence-corrected chi connectivity index (χ4v) is 4.19. The second-order valence-corrected chi connectivity index (χ2v) is 11.2. The second-order valence-electron chi connectivity index (χ2n) is 7.96. The molecule has 12 heteroatoms. The summed E-state index contributed by atoms with van der Waals surface area (Å²) in [6, 6.07) is 13.5. The lowest BCUT2D eigenvalue weighted by molar-refractivity contribution is -0.136. The number of sulfone groups is 1. The van der Waals surface area contributed by atoms with Gasteiger partial charge in [0.25, 0.3) is 5.89 Å². The zero-order valence-corrected chi connectivity index (χ0v) is 22.4. The van der Waals surface area contributed by atoms with Crippen LogP contribution in [0.15, 0.2) is 73.7 Å². The van der Waals surface area contributed by atoms with Crippen molar-refractivity contribution in [1.82, 2.24) is 10.1 Å². The third-order valence-corrected chi connectivity index (χ3v) is 6.76. The van der Waals surface area contributed by atoms with Gasteiger partial charge in [-0.25, -0.2) is 18.2 Å². The summed E-state index contributed by atoms with van der Waals surface area (Å²) in [7, 11) is -3.45. The van der Waals surface area contributed by atoms with E-state index in [0.717, 1.165) is 11.8 Å². The normalized spacial score (nSPS) is 13.0. The molecule has 0 spiro atoms. The number of hydrogen-bond donors (Lipinski definition) is 1. The number of rotatable bonds is 9. The zero-order chi connectivity index (χ0) is 26.5. The Morgan fingerprint density at radius 2 is 1.94 bits per heavy atom. The summed E-state index contributed by atoms with van der Waals surface area (Å²) in [6.45, 7) is 4.03. The Balaban J connectivity index is 2.16. The number of para-hydroxylation sites is 1. The highest BCUT2D eigenvalue weighted by Crippen LogP contribution is 2.29. The molecule has 190 valence electrons. The Hall–Kier alpha value is -3.15. The van der Waals surface area contributed by atoms with E-state index < -0.39 is 15.8 Å². The predicted octanol–water partition coefficient (Wildman–Crippen LogP) is 4.66. The van der Waals surface area contributed by atoms with Gasteiger partial charge in [0.1, 0.15) is 22.4 Å². The molecule has 0 fully saturated rings.